The van der Waals surface area contributed by atoms with Gasteiger partial charge in [0.05, 0.1) is 16.5 Å². The van der Waals surface area contributed by atoms with Gasteiger partial charge in [-0.15, -0.1) is 0 Å². The van der Waals surface area contributed by atoms with Gasteiger partial charge in [0.15, 0.2) is 0 Å². The van der Waals surface area contributed by atoms with Gasteiger partial charge in [-0.1, -0.05) is 209 Å². The van der Waals surface area contributed by atoms with Crippen molar-refractivity contribution in [1.82, 2.24) is 0 Å². The van der Waals surface area contributed by atoms with Crippen LogP contribution in [0.4, 0.5) is 25.8 Å². The number of fused-ring (bicyclic) bond motifs is 9. The summed E-state index contributed by atoms with van der Waals surface area (Å²) in [6.45, 7) is 12.5. The Kier molecular flexibility index (Phi) is 12.3. The molecule has 0 fully saturated rings. The van der Waals surface area contributed by atoms with Crippen molar-refractivity contribution in [3.8, 4) is 56.4 Å². The van der Waals surface area contributed by atoms with E-state index in [1.54, 1.807) is 24.3 Å². The molecule has 2 atom stereocenters. The molecule has 12 aromatic carbocycles. The Morgan fingerprint density at radius 3 is 1.08 bits per heavy atom. The van der Waals surface area contributed by atoms with E-state index in [9.17, 15) is 0 Å². The molecule has 0 aliphatic heterocycles. The SMILES string of the molecule is C=Cc1ccc(Oc2ccc(C3(c4ccc(F)cc4)c4ccccc4-c4ccc(N(c5ccc6c(c5)C(c5ccc(F)cc5)(c5ccc(Oc7ccc(C=C)cc7)cc5)c5ccccc5-6)c5cccc6c5C(C)(C)c5ccccc5-6)cc43)cc2)cc1. The van der Waals surface area contributed by atoms with Crippen LogP contribution in [0.25, 0.3) is 45.5 Å². The lowest BCUT2D eigenvalue weighted by atomic mass is 9.67. The quantitative estimate of drug-likeness (QED) is 0.115. The fraction of sp³-hybridized carbons (Fsp3) is 0.0617. The molecule has 12 aromatic rings. The third kappa shape index (κ3) is 8.06. The zero-order valence-electron chi connectivity index (χ0n) is 47.6. The van der Waals surface area contributed by atoms with Crippen LogP contribution in [0.15, 0.2) is 286 Å². The number of rotatable bonds is 13. The van der Waals surface area contributed by atoms with Crippen LogP contribution in [0, 0.1) is 11.6 Å². The molecule has 3 aliphatic carbocycles. The number of ether oxygens (including phenoxy) is 2. The standard InChI is InChI=1S/C81H57F2NO2/c1-5-52-22-40-62(41-23-52)85-64-44-30-56(31-45-64)80(54-26-34-58(82)35-27-54)73-19-11-8-14-66(73)69-48-38-60(50-75(69)80)84(77-21-13-17-71-68-16-7-10-18-72(68)79(3,4)78(71)77)61-39-49-70-67-15-9-12-20-74(67)81(76(70)51-61,55-28-36-59(83)37-29-55)57-32-46-65(47-33-57)86-63-42-24-53(6-2)25-43-63/h5-51H,1-2H2,3-4H3. The molecule has 412 valence electrons. The number of hydrogen-bond acceptors (Lipinski definition) is 3. The van der Waals surface area contributed by atoms with Crippen LogP contribution >= 0.6 is 0 Å². The predicted molar refractivity (Wildman–Crippen MR) is 346 cm³/mol. The first-order valence-electron chi connectivity index (χ1n) is 29.1. The summed E-state index contributed by atoms with van der Waals surface area (Å²) >= 11 is 0. The van der Waals surface area contributed by atoms with Crippen molar-refractivity contribution in [3.05, 3.63) is 365 Å². The summed E-state index contributed by atoms with van der Waals surface area (Å²) < 4.78 is 43.6. The molecule has 0 saturated carbocycles. The largest absolute Gasteiger partial charge is 0.457 e. The highest BCUT2D eigenvalue weighted by Gasteiger charge is 2.49. The first-order valence-corrected chi connectivity index (χ1v) is 29.1. The lowest BCUT2D eigenvalue weighted by Crippen LogP contribution is -2.29. The van der Waals surface area contributed by atoms with E-state index >= 15 is 8.78 Å². The molecule has 5 heteroatoms. The fourth-order valence-electron chi connectivity index (χ4n) is 14.4. The predicted octanol–water partition coefficient (Wildman–Crippen LogP) is 21.3. The minimum Gasteiger partial charge on any atom is -0.457 e. The average molecular weight is 1110 g/mol. The van der Waals surface area contributed by atoms with Crippen molar-refractivity contribution in [2.75, 3.05) is 4.90 Å². The minimum absolute atomic E-state index is 0.308. The maximum atomic E-state index is 15.4. The summed E-state index contributed by atoms with van der Waals surface area (Å²) in [5, 5.41) is 0. The fourth-order valence-corrected chi connectivity index (χ4v) is 14.4. The van der Waals surface area contributed by atoms with Crippen LogP contribution in [-0.2, 0) is 16.2 Å². The molecule has 0 heterocycles. The van der Waals surface area contributed by atoms with E-state index in [1.165, 1.54) is 22.3 Å². The smallest absolute Gasteiger partial charge is 0.127 e. The highest BCUT2D eigenvalue weighted by molar-refractivity contribution is 5.95. The Morgan fingerprint density at radius 1 is 0.337 bits per heavy atom. The van der Waals surface area contributed by atoms with E-state index in [-0.39, 0.29) is 11.6 Å². The maximum absolute atomic E-state index is 15.4. The first kappa shape index (κ1) is 52.2. The van der Waals surface area contributed by atoms with Crippen molar-refractivity contribution in [3.63, 3.8) is 0 Å². The molecule has 0 spiro atoms. The van der Waals surface area contributed by atoms with E-state index in [2.05, 4.69) is 184 Å². The van der Waals surface area contributed by atoms with Crippen LogP contribution in [0.1, 0.15) is 80.6 Å². The Labute approximate surface area is 500 Å². The summed E-state index contributed by atoms with van der Waals surface area (Å²) in [7, 11) is 0. The van der Waals surface area contributed by atoms with Crippen molar-refractivity contribution in [2.45, 2.75) is 30.1 Å². The molecular weight excluding hydrogens is 1060 g/mol. The molecule has 0 bridgehead atoms. The van der Waals surface area contributed by atoms with Crippen LogP contribution < -0.4 is 14.4 Å². The lowest BCUT2D eigenvalue weighted by Gasteiger charge is -2.37. The molecule has 15 rings (SSSR count). The van der Waals surface area contributed by atoms with E-state index < -0.39 is 16.2 Å². The third-order valence-corrected chi connectivity index (χ3v) is 18.2. The van der Waals surface area contributed by atoms with Gasteiger partial charge in [-0.2, -0.15) is 0 Å². The second kappa shape index (κ2) is 20.3. The third-order valence-electron chi connectivity index (χ3n) is 18.2. The van der Waals surface area contributed by atoms with E-state index in [4.69, 9.17) is 9.47 Å². The van der Waals surface area contributed by atoms with Gasteiger partial charge in [0.2, 0.25) is 0 Å². The number of benzene rings is 12. The topological polar surface area (TPSA) is 21.7 Å². The molecule has 0 aromatic heterocycles. The zero-order valence-corrected chi connectivity index (χ0v) is 47.6. The average Bonchev–Trinajstić information content (AvgIpc) is 1.59. The summed E-state index contributed by atoms with van der Waals surface area (Å²) in [6, 6.07) is 93.1. The minimum atomic E-state index is -0.901. The van der Waals surface area contributed by atoms with Crippen LogP contribution in [0.2, 0.25) is 0 Å². The molecule has 0 saturated heterocycles. The summed E-state index contributed by atoms with van der Waals surface area (Å²) in [5.41, 5.74) is 20.2. The summed E-state index contributed by atoms with van der Waals surface area (Å²) in [5.74, 6) is 2.20. The Hall–Kier alpha value is -10.6. The first-order chi connectivity index (χ1) is 42.1. The molecule has 86 heavy (non-hydrogen) atoms. The molecule has 2 unspecified atom stereocenters. The Bertz CT molecular complexity index is 4400. The van der Waals surface area contributed by atoms with Gasteiger partial charge in [-0.25, -0.2) is 8.78 Å². The van der Waals surface area contributed by atoms with Gasteiger partial charge in [0.25, 0.3) is 0 Å². The molecule has 3 nitrogen and oxygen atoms in total. The molecule has 0 radical (unpaired) electrons. The van der Waals surface area contributed by atoms with E-state index in [0.29, 0.717) is 11.5 Å². The van der Waals surface area contributed by atoms with Gasteiger partial charge in [0, 0.05) is 16.8 Å². The zero-order chi connectivity index (χ0) is 58.3. The van der Waals surface area contributed by atoms with Gasteiger partial charge in [-0.05, 0) is 203 Å². The van der Waals surface area contributed by atoms with Crippen LogP contribution in [0.3, 0.4) is 0 Å². The Balaban J connectivity index is 0.965. The second-order valence-electron chi connectivity index (χ2n) is 23.1. The highest BCUT2D eigenvalue weighted by Crippen LogP contribution is 2.61. The Morgan fingerprint density at radius 2 is 0.674 bits per heavy atom. The summed E-state index contributed by atoms with van der Waals surface area (Å²) in [6.07, 6.45) is 3.63. The van der Waals surface area contributed by atoms with Gasteiger partial charge in [-0.3, -0.25) is 0 Å². The number of hydrogen-bond donors (Lipinski definition) is 0. The van der Waals surface area contributed by atoms with Gasteiger partial charge >= 0.3 is 0 Å². The van der Waals surface area contributed by atoms with Gasteiger partial charge in [0.1, 0.15) is 34.6 Å². The van der Waals surface area contributed by atoms with Crippen molar-refractivity contribution in [2.24, 2.45) is 0 Å². The number of halogens is 2. The van der Waals surface area contributed by atoms with E-state index in [1.807, 2.05) is 109 Å². The normalized spacial score (nSPS) is 16.2. The van der Waals surface area contributed by atoms with Crippen molar-refractivity contribution in [1.29, 1.82) is 0 Å². The number of anilines is 3. The van der Waals surface area contributed by atoms with E-state index in [0.717, 1.165) is 106 Å². The lowest BCUT2D eigenvalue weighted by molar-refractivity contribution is 0.482. The second-order valence-corrected chi connectivity index (χ2v) is 23.1. The monoisotopic (exact) mass is 1110 g/mol. The van der Waals surface area contributed by atoms with Crippen LogP contribution in [0.5, 0.6) is 23.0 Å². The maximum Gasteiger partial charge on any atom is 0.127 e. The molecule has 3 aliphatic rings. The summed E-state index contributed by atoms with van der Waals surface area (Å²) in [4.78, 5) is 2.45. The van der Waals surface area contributed by atoms with Crippen molar-refractivity contribution < 1.29 is 18.3 Å². The van der Waals surface area contributed by atoms with Gasteiger partial charge < -0.3 is 14.4 Å². The molecular formula is C81H57F2NO2. The molecule has 0 amide bonds. The molecule has 0 N–H and O–H groups in total. The van der Waals surface area contributed by atoms with Crippen LogP contribution in [-0.4, -0.2) is 0 Å². The highest BCUT2D eigenvalue weighted by atomic mass is 19.1. The van der Waals surface area contributed by atoms with Crippen molar-refractivity contribution >= 4 is 29.2 Å². The number of nitrogens with zero attached hydrogens (tertiary/aromatic N) is 1.